The number of aliphatic carboxylic acids is 1. The van der Waals surface area contributed by atoms with Crippen molar-refractivity contribution in [1.82, 2.24) is 0 Å². The summed E-state index contributed by atoms with van der Waals surface area (Å²) < 4.78 is 18.3. The van der Waals surface area contributed by atoms with Gasteiger partial charge in [-0.15, -0.1) is 0 Å². The molecule has 0 aromatic heterocycles. The molecule has 0 radical (unpaired) electrons. The summed E-state index contributed by atoms with van der Waals surface area (Å²) in [5, 5.41) is 8.56. The van der Waals surface area contributed by atoms with Crippen molar-refractivity contribution in [2.24, 2.45) is 5.73 Å². The van der Waals surface area contributed by atoms with E-state index in [0.29, 0.717) is 6.61 Å². The second kappa shape index (κ2) is 5.40. The molecule has 0 aliphatic heterocycles. The maximum absolute atomic E-state index is 13.4. The highest BCUT2D eigenvalue weighted by Gasteiger charge is 2.23. The third-order valence-corrected chi connectivity index (χ3v) is 2.06. The molecule has 17 heavy (non-hydrogen) atoms. The highest BCUT2D eigenvalue weighted by atomic mass is 19.1. The summed E-state index contributed by atoms with van der Waals surface area (Å²) in [6.45, 7) is 1.98. The van der Waals surface area contributed by atoms with Crippen LogP contribution in [0.25, 0.3) is 0 Å². The molecule has 5 nitrogen and oxygen atoms in total. The molecule has 1 aromatic rings. The fourth-order valence-corrected chi connectivity index (χ4v) is 1.22. The Morgan fingerprint density at radius 3 is 2.65 bits per heavy atom. The van der Waals surface area contributed by atoms with Crippen molar-refractivity contribution < 1.29 is 23.8 Å². The molecule has 0 bridgehead atoms. The van der Waals surface area contributed by atoms with Crippen molar-refractivity contribution >= 4 is 11.8 Å². The summed E-state index contributed by atoms with van der Waals surface area (Å²) in [6.07, 6.45) is 0. The van der Waals surface area contributed by atoms with Crippen LogP contribution in [-0.2, 0) is 4.79 Å². The Morgan fingerprint density at radius 2 is 2.18 bits per heavy atom. The number of Topliss-reactive ketones (excluding diaryl/α,β-unsaturated/α-hetero) is 1. The van der Waals surface area contributed by atoms with Crippen molar-refractivity contribution in [1.29, 1.82) is 0 Å². The molecular weight excluding hydrogens is 229 g/mol. The van der Waals surface area contributed by atoms with E-state index in [9.17, 15) is 14.0 Å². The number of carbonyl (C=O) groups excluding carboxylic acids is 1. The zero-order chi connectivity index (χ0) is 13.0. The summed E-state index contributed by atoms with van der Waals surface area (Å²) in [4.78, 5) is 22.0. The van der Waals surface area contributed by atoms with Crippen LogP contribution in [0.3, 0.4) is 0 Å². The smallest absolute Gasteiger partial charge is 0.328 e. The van der Waals surface area contributed by atoms with E-state index in [2.05, 4.69) is 0 Å². The third-order valence-electron chi connectivity index (χ3n) is 2.06. The minimum atomic E-state index is -1.69. The minimum absolute atomic E-state index is 0.00736. The van der Waals surface area contributed by atoms with Crippen LogP contribution in [0.2, 0.25) is 0 Å². The zero-order valence-corrected chi connectivity index (χ0v) is 9.14. The van der Waals surface area contributed by atoms with Gasteiger partial charge in [0, 0.05) is 5.56 Å². The van der Waals surface area contributed by atoms with Gasteiger partial charge in [0.15, 0.2) is 23.4 Å². The predicted octanol–water partition coefficient (Wildman–Crippen LogP) is 0.819. The Morgan fingerprint density at radius 1 is 1.53 bits per heavy atom. The van der Waals surface area contributed by atoms with Crippen LogP contribution in [0.4, 0.5) is 4.39 Å². The van der Waals surface area contributed by atoms with E-state index in [0.717, 1.165) is 6.07 Å². The second-order valence-corrected chi connectivity index (χ2v) is 3.26. The molecule has 1 rings (SSSR count). The number of rotatable bonds is 5. The molecule has 92 valence electrons. The molecule has 0 aliphatic rings. The van der Waals surface area contributed by atoms with Gasteiger partial charge in [-0.25, -0.2) is 4.39 Å². The van der Waals surface area contributed by atoms with E-state index in [-0.39, 0.29) is 11.3 Å². The largest absolute Gasteiger partial charge is 0.491 e. The Hall–Kier alpha value is -1.95. The number of hydrogen-bond acceptors (Lipinski definition) is 4. The van der Waals surface area contributed by atoms with Crippen molar-refractivity contribution in [2.75, 3.05) is 6.61 Å². The number of nitrogens with two attached hydrogens (primary N) is 1. The molecule has 0 fully saturated rings. The van der Waals surface area contributed by atoms with Gasteiger partial charge in [0.2, 0.25) is 0 Å². The van der Waals surface area contributed by atoms with Crippen LogP contribution >= 0.6 is 0 Å². The Bertz CT molecular complexity index is 447. The normalized spacial score (nSPS) is 11.9. The van der Waals surface area contributed by atoms with Gasteiger partial charge < -0.3 is 15.6 Å². The maximum atomic E-state index is 13.4. The molecule has 1 aromatic carbocycles. The van der Waals surface area contributed by atoms with E-state index in [1.807, 2.05) is 0 Å². The molecule has 0 heterocycles. The Kier molecular flexibility index (Phi) is 4.17. The lowest BCUT2D eigenvalue weighted by Crippen LogP contribution is -2.38. The lowest BCUT2D eigenvalue weighted by atomic mass is 10.0. The topological polar surface area (TPSA) is 89.6 Å². The molecular formula is C11H12FNO4. The molecule has 1 atom stereocenters. The number of halogens is 1. The van der Waals surface area contributed by atoms with Crippen molar-refractivity contribution in [2.45, 2.75) is 13.0 Å². The molecule has 0 spiro atoms. The van der Waals surface area contributed by atoms with Crippen LogP contribution in [0.1, 0.15) is 17.3 Å². The van der Waals surface area contributed by atoms with Crippen LogP contribution in [0.5, 0.6) is 5.75 Å². The minimum Gasteiger partial charge on any atom is -0.491 e. The van der Waals surface area contributed by atoms with Gasteiger partial charge in [-0.2, -0.15) is 0 Å². The van der Waals surface area contributed by atoms with Gasteiger partial charge in [0.25, 0.3) is 0 Å². The number of ether oxygens (including phenoxy) is 1. The van der Waals surface area contributed by atoms with E-state index in [1.165, 1.54) is 12.1 Å². The zero-order valence-electron chi connectivity index (χ0n) is 9.14. The van der Waals surface area contributed by atoms with E-state index < -0.39 is 23.6 Å². The first-order valence-corrected chi connectivity index (χ1v) is 4.92. The summed E-state index contributed by atoms with van der Waals surface area (Å²) >= 11 is 0. The Balaban J connectivity index is 2.97. The highest BCUT2D eigenvalue weighted by Crippen LogP contribution is 2.19. The average Bonchev–Trinajstić information content (AvgIpc) is 2.30. The van der Waals surface area contributed by atoms with Gasteiger partial charge >= 0.3 is 5.97 Å². The standard InChI is InChI=1S/C11H12FNO4/c1-2-17-8-4-3-6(5-7(8)12)10(14)9(13)11(15)16/h3-5,9H,2,13H2,1H3,(H,15,16). The summed E-state index contributed by atoms with van der Waals surface area (Å²) in [5.41, 5.74) is 5.04. The SMILES string of the molecule is CCOc1ccc(C(=O)C(N)C(=O)O)cc1F. The lowest BCUT2D eigenvalue weighted by molar-refractivity contribution is -0.137. The second-order valence-electron chi connectivity index (χ2n) is 3.26. The van der Waals surface area contributed by atoms with E-state index in [1.54, 1.807) is 6.92 Å². The fraction of sp³-hybridized carbons (Fsp3) is 0.273. The number of carbonyl (C=O) groups is 2. The Labute approximate surface area is 97.0 Å². The van der Waals surface area contributed by atoms with Crippen LogP contribution in [-0.4, -0.2) is 29.5 Å². The van der Waals surface area contributed by atoms with Gasteiger partial charge in [0.1, 0.15) is 0 Å². The molecule has 0 saturated heterocycles. The van der Waals surface area contributed by atoms with Crippen LogP contribution in [0.15, 0.2) is 18.2 Å². The lowest BCUT2D eigenvalue weighted by Gasteiger charge is -2.08. The van der Waals surface area contributed by atoms with Gasteiger partial charge in [0.05, 0.1) is 6.61 Å². The highest BCUT2D eigenvalue weighted by molar-refractivity contribution is 6.11. The maximum Gasteiger partial charge on any atom is 0.328 e. The van der Waals surface area contributed by atoms with Crippen LogP contribution < -0.4 is 10.5 Å². The molecule has 1 unspecified atom stereocenters. The molecule has 3 N–H and O–H groups in total. The first-order valence-electron chi connectivity index (χ1n) is 4.92. The first-order chi connectivity index (χ1) is 7.97. The number of carboxylic acids is 1. The summed E-state index contributed by atoms with van der Waals surface area (Å²) in [6, 6.07) is 1.77. The third kappa shape index (κ3) is 3.01. The molecule has 0 amide bonds. The first kappa shape index (κ1) is 13.1. The summed E-state index contributed by atoms with van der Waals surface area (Å²) in [5.74, 6) is -3.02. The van der Waals surface area contributed by atoms with Crippen molar-refractivity contribution in [3.05, 3.63) is 29.6 Å². The van der Waals surface area contributed by atoms with E-state index >= 15 is 0 Å². The van der Waals surface area contributed by atoms with Crippen molar-refractivity contribution in [3.8, 4) is 5.75 Å². The van der Waals surface area contributed by atoms with Gasteiger partial charge in [-0.1, -0.05) is 0 Å². The number of benzene rings is 1. The predicted molar refractivity (Wildman–Crippen MR) is 57.5 cm³/mol. The van der Waals surface area contributed by atoms with Crippen LogP contribution in [0, 0.1) is 5.82 Å². The molecule has 6 heteroatoms. The molecule has 0 aliphatic carbocycles. The fourth-order valence-electron chi connectivity index (χ4n) is 1.22. The summed E-state index contributed by atoms with van der Waals surface area (Å²) in [7, 11) is 0. The monoisotopic (exact) mass is 241 g/mol. The average molecular weight is 241 g/mol. The number of carboxylic acid groups (broad SMARTS) is 1. The molecule has 0 saturated carbocycles. The quantitative estimate of drug-likeness (QED) is 0.588. The van der Waals surface area contributed by atoms with Crippen molar-refractivity contribution in [3.63, 3.8) is 0 Å². The van der Waals surface area contributed by atoms with E-state index in [4.69, 9.17) is 15.6 Å². The van der Waals surface area contributed by atoms with Gasteiger partial charge in [-0.05, 0) is 25.1 Å². The van der Waals surface area contributed by atoms with Gasteiger partial charge in [-0.3, -0.25) is 9.59 Å². The number of hydrogen-bond donors (Lipinski definition) is 2. The number of ketones is 1.